The summed E-state index contributed by atoms with van der Waals surface area (Å²) in [4.78, 5) is 9.94. The molecule has 3 rings (SSSR count). The highest BCUT2D eigenvalue weighted by Gasteiger charge is 2.21. The minimum Gasteiger partial charge on any atom is -0.280 e. The van der Waals surface area contributed by atoms with Crippen molar-refractivity contribution in [3.05, 3.63) is 86.9 Å². The van der Waals surface area contributed by atoms with E-state index in [1.165, 1.54) is 49.4 Å². The van der Waals surface area contributed by atoms with E-state index in [9.17, 15) is 26.9 Å². The third-order valence-electron chi connectivity index (χ3n) is 4.53. The first-order valence-electron chi connectivity index (χ1n) is 9.06. The average Bonchev–Trinajstić information content (AvgIpc) is 2.70. The third kappa shape index (κ3) is 5.18. The van der Waals surface area contributed by atoms with E-state index in [-0.39, 0.29) is 21.2 Å². The van der Waals surface area contributed by atoms with Gasteiger partial charge < -0.3 is 0 Å². The van der Waals surface area contributed by atoms with E-state index >= 15 is 0 Å². The number of hydrogen-bond donors (Lipinski definition) is 2. The molecule has 9 nitrogen and oxygen atoms in total. The maximum Gasteiger partial charge on any atom is 0.270 e. The Balaban J connectivity index is 1.85. The predicted octanol–water partition coefficient (Wildman–Crippen LogP) is 4.47. The van der Waals surface area contributed by atoms with E-state index in [1.54, 1.807) is 19.1 Å². The fourth-order valence-corrected chi connectivity index (χ4v) is 5.43. The summed E-state index contributed by atoms with van der Waals surface area (Å²) in [6, 6.07) is 13.3. The van der Waals surface area contributed by atoms with Gasteiger partial charge in [-0.15, -0.1) is 0 Å². The topological polar surface area (TPSA) is 135 Å². The molecule has 0 bridgehead atoms. The van der Waals surface area contributed by atoms with Crippen LogP contribution in [0, 0.1) is 24.0 Å². The number of nitrogens with one attached hydrogen (secondary N) is 2. The van der Waals surface area contributed by atoms with Crippen LogP contribution in [0.4, 0.5) is 17.1 Å². The molecule has 0 aliphatic carbocycles. The SMILES string of the molecule is Cc1ccc(Cl)cc1NS(=O)(=O)c1ccc(NS(=O)(=O)c2cc([N+](=O)[O-])ccc2C)cc1. The molecule has 0 aromatic heterocycles. The van der Waals surface area contributed by atoms with Crippen molar-refractivity contribution in [1.29, 1.82) is 0 Å². The Morgan fingerprint density at radius 3 is 2.06 bits per heavy atom. The summed E-state index contributed by atoms with van der Waals surface area (Å²) in [5, 5.41) is 11.3. The Morgan fingerprint density at radius 1 is 0.812 bits per heavy atom. The van der Waals surface area contributed by atoms with E-state index in [4.69, 9.17) is 11.6 Å². The molecule has 0 aliphatic rings. The molecule has 0 fully saturated rings. The van der Waals surface area contributed by atoms with Gasteiger partial charge in [0.15, 0.2) is 0 Å². The Kier molecular flexibility index (Phi) is 6.44. The summed E-state index contributed by atoms with van der Waals surface area (Å²) in [5.41, 5.74) is 1.05. The number of non-ortho nitro benzene ring substituents is 1. The van der Waals surface area contributed by atoms with Crippen molar-refractivity contribution in [3.8, 4) is 0 Å². The lowest BCUT2D eigenvalue weighted by molar-refractivity contribution is -0.385. The molecule has 0 unspecified atom stereocenters. The van der Waals surface area contributed by atoms with Crippen molar-refractivity contribution in [2.45, 2.75) is 23.6 Å². The van der Waals surface area contributed by atoms with E-state index in [0.717, 1.165) is 6.07 Å². The van der Waals surface area contributed by atoms with Gasteiger partial charge in [-0.3, -0.25) is 19.6 Å². The summed E-state index contributed by atoms with van der Waals surface area (Å²) < 4.78 is 55.5. The first kappa shape index (κ1) is 23.5. The van der Waals surface area contributed by atoms with Crippen LogP contribution >= 0.6 is 11.6 Å². The molecule has 32 heavy (non-hydrogen) atoms. The normalized spacial score (nSPS) is 11.7. The van der Waals surface area contributed by atoms with Gasteiger partial charge in [0.25, 0.3) is 25.7 Å². The van der Waals surface area contributed by atoms with Crippen LogP contribution in [0.15, 0.2) is 70.5 Å². The Bertz CT molecular complexity index is 1410. The van der Waals surface area contributed by atoms with Gasteiger partial charge in [-0.25, -0.2) is 16.8 Å². The fourth-order valence-electron chi connectivity index (χ4n) is 2.81. The van der Waals surface area contributed by atoms with Crippen LogP contribution in [0.2, 0.25) is 5.02 Å². The fraction of sp³-hybridized carbons (Fsp3) is 0.100. The monoisotopic (exact) mass is 495 g/mol. The van der Waals surface area contributed by atoms with Crippen LogP contribution in [0.3, 0.4) is 0 Å². The number of halogens is 1. The van der Waals surface area contributed by atoms with Gasteiger partial charge >= 0.3 is 0 Å². The van der Waals surface area contributed by atoms with E-state index in [2.05, 4.69) is 9.44 Å². The molecule has 12 heteroatoms. The van der Waals surface area contributed by atoms with Gasteiger partial charge in [0, 0.05) is 22.8 Å². The molecule has 0 saturated carbocycles. The molecule has 168 valence electrons. The van der Waals surface area contributed by atoms with Crippen LogP contribution in [0.25, 0.3) is 0 Å². The number of nitro benzene ring substituents is 1. The lowest BCUT2D eigenvalue weighted by Gasteiger charge is -2.13. The molecule has 0 atom stereocenters. The summed E-state index contributed by atoms with van der Waals surface area (Å²) >= 11 is 5.93. The smallest absolute Gasteiger partial charge is 0.270 e. The maximum atomic E-state index is 12.7. The zero-order valence-corrected chi connectivity index (χ0v) is 19.3. The molecule has 0 spiro atoms. The number of benzene rings is 3. The zero-order chi connectivity index (χ0) is 23.7. The highest BCUT2D eigenvalue weighted by atomic mass is 35.5. The third-order valence-corrected chi connectivity index (χ3v) is 7.67. The summed E-state index contributed by atoms with van der Waals surface area (Å²) in [6.45, 7) is 3.24. The van der Waals surface area contributed by atoms with Crippen molar-refractivity contribution in [1.82, 2.24) is 0 Å². The molecule has 0 radical (unpaired) electrons. The average molecular weight is 496 g/mol. The van der Waals surface area contributed by atoms with E-state index < -0.39 is 25.0 Å². The van der Waals surface area contributed by atoms with Crippen molar-refractivity contribution < 1.29 is 21.8 Å². The van der Waals surface area contributed by atoms with Crippen LogP contribution in [0.1, 0.15) is 11.1 Å². The molecule has 0 aliphatic heterocycles. The van der Waals surface area contributed by atoms with Gasteiger partial charge in [-0.05, 0) is 61.4 Å². The van der Waals surface area contributed by atoms with Gasteiger partial charge in [-0.1, -0.05) is 23.7 Å². The summed E-state index contributed by atoms with van der Waals surface area (Å²) in [6.07, 6.45) is 0. The first-order valence-corrected chi connectivity index (χ1v) is 12.4. The first-order chi connectivity index (χ1) is 14.9. The van der Waals surface area contributed by atoms with Crippen molar-refractivity contribution in [3.63, 3.8) is 0 Å². The molecule has 0 heterocycles. The number of aryl methyl sites for hydroxylation is 2. The number of nitro groups is 1. The molecular weight excluding hydrogens is 478 g/mol. The molecule has 0 amide bonds. The van der Waals surface area contributed by atoms with Crippen molar-refractivity contribution in [2.75, 3.05) is 9.44 Å². The van der Waals surface area contributed by atoms with Gasteiger partial charge in [-0.2, -0.15) is 0 Å². The standard InChI is InChI=1S/C20H18ClN3O6S2/c1-13-3-5-15(21)11-19(13)23-31(27,28)18-9-6-16(7-10-18)22-32(29,30)20-12-17(24(25)26)8-4-14(20)2/h3-12,22-23H,1-2H3. The minimum atomic E-state index is -4.14. The van der Waals surface area contributed by atoms with Gasteiger partial charge in [0.2, 0.25) is 0 Å². The molecule has 2 N–H and O–H groups in total. The Labute approximate surface area is 190 Å². The number of sulfonamides is 2. The molecular formula is C20H18ClN3O6S2. The number of hydrogen-bond acceptors (Lipinski definition) is 6. The second-order valence-corrected chi connectivity index (χ2v) is 10.7. The second kappa shape index (κ2) is 8.77. The minimum absolute atomic E-state index is 0.0913. The van der Waals surface area contributed by atoms with Crippen LogP contribution in [0.5, 0.6) is 0 Å². The molecule has 3 aromatic carbocycles. The number of nitrogens with zero attached hydrogens (tertiary/aromatic N) is 1. The van der Waals surface area contributed by atoms with Crippen LogP contribution < -0.4 is 9.44 Å². The van der Waals surface area contributed by atoms with Gasteiger partial charge in [0.1, 0.15) is 0 Å². The van der Waals surface area contributed by atoms with E-state index in [0.29, 0.717) is 21.8 Å². The molecule has 0 saturated heterocycles. The van der Waals surface area contributed by atoms with Crippen LogP contribution in [-0.4, -0.2) is 21.8 Å². The summed E-state index contributed by atoms with van der Waals surface area (Å²) in [5.74, 6) is 0. The lowest BCUT2D eigenvalue weighted by Crippen LogP contribution is -2.16. The largest absolute Gasteiger partial charge is 0.280 e. The Morgan fingerprint density at radius 2 is 1.44 bits per heavy atom. The summed E-state index contributed by atoms with van der Waals surface area (Å²) in [7, 11) is -8.09. The zero-order valence-electron chi connectivity index (χ0n) is 16.9. The highest BCUT2D eigenvalue weighted by Crippen LogP contribution is 2.26. The highest BCUT2D eigenvalue weighted by molar-refractivity contribution is 7.93. The quantitative estimate of drug-likeness (QED) is 0.366. The maximum absolute atomic E-state index is 12.7. The van der Waals surface area contributed by atoms with Crippen molar-refractivity contribution in [2.24, 2.45) is 0 Å². The number of rotatable bonds is 7. The number of anilines is 2. The lowest BCUT2D eigenvalue weighted by atomic mass is 10.2. The predicted molar refractivity (Wildman–Crippen MR) is 122 cm³/mol. The second-order valence-electron chi connectivity index (χ2n) is 6.90. The Hall–Kier alpha value is -3.15. The van der Waals surface area contributed by atoms with Crippen molar-refractivity contribution >= 4 is 48.7 Å². The van der Waals surface area contributed by atoms with Crippen LogP contribution in [-0.2, 0) is 20.0 Å². The van der Waals surface area contributed by atoms with Gasteiger partial charge in [0.05, 0.1) is 20.4 Å². The molecule has 3 aromatic rings. The van der Waals surface area contributed by atoms with E-state index in [1.807, 2.05) is 0 Å².